The first kappa shape index (κ1) is 21.4. The fourth-order valence-electron chi connectivity index (χ4n) is 4.93. The molecule has 2 fully saturated rings. The Kier molecular flexibility index (Phi) is 5.77. The van der Waals surface area contributed by atoms with E-state index in [1.54, 1.807) is 11.9 Å². The molecule has 0 unspecified atom stereocenters. The Labute approximate surface area is 182 Å². The van der Waals surface area contributed by atoms with E-state index in [0.717, 1.165) is 52.9 Å². The van der Waals surface area contributed by atoms with E-state index in [0.29, 0.717) is 25.3 Å². The lowest BCUT2D eigenvalue weighted by Crippen LogP contribution is -2.50. The zero-order valence-electron chi connectivity index (χ0n) is 18.6. The fraction of sp³-hybridized carbons (Fsp3) is 0.542. The van der Waals surface area contributed by atoms with Gasteiger partial charge in [0.1, 0.15) is 23.4 Å². The predicted octanol–water partition coefficient (Wildman–Crippen LogP) is 3.84. The van der Waals surface area contributed by atoms with Crippen molar-refractivity contribution >= 4 is 28.8 Å². The second kappa shape index (κ2) is 8.36. The Balaban J connectivity index is 1.45. The van der Waals surface area contributed by atoms with Crippen LogP contribution in [0.3, 0.4) is 0 Å². The molecule has 4 amide bonds. The summed E-state index contributed by atoms with van der Waals surface area (Å²) in [7, 11) is 1.70. The van der Waals surface area contributed by atoms with E-state index >= 15 is 0 Å². The third kappa shape index (κ3) is 3.82. The van der Waals surface area contributed by atoms with E-state index < -0.39 is 11.6 Å². The third-order valence-electron chi connectivity index (χ3n) is 7.00. The van der Waals surface area contributed by atoms with E-state index in [1.807, 2.05) is 31.2 Å². The van der Waals surface area contributed by atoms with Crippen LogP contribution in [0.15, 0.2) is 28.7 Å². The van der Waals surface area contributed by atoms with Crippen molar-refractivity contribution < 1.29 is 18.8 Å². The quantitative estimate of drug-likeness (QED) is 0.713. The van der Waals surface area contributed by atoms with Crippen molar-refractivity contribution in [1.29, 1.82) is 0 Å². The van der Waals surface area contributed by atoms with Gasteiger partial charge >= 0.3 is 6.03 Å². The lowest BCUT2D eigenvalue weighted by atomic mass is 9.75. The number of nitrogens with one attached hydrogen (secondary N) is 1. The van der Waals surface area contributed by atoms with E-state index in [9.17, 15) is 14.4 Å². The number of benzene rings is 1. The number of hydrogen-bond acceptors (Lipinski definition) is 4. The number of amides is 4. The molecule has 2 heterocycles. The summed E-state index contributed by atoms with van der Waals surface area (Å²) < 4.78 is 5.92. The van der Waals surface area contributed by atoms with Gasteiger partial charge in [-0.05, 0) is 37.7 Å². The molecule has 1 saturated heterocycles. The normalized spacial score (nSPS) is 23.6. The molecule has 7 nitrogen and oxygen atoms in total. The van der Waals surface area contributed by atoms with Gasteiger partial charge in [-0.25, -0.2) is 4.79 Å². The van der Waals surface area contributed by atoms with E-state index in [4.69, 9.17) is 4.42 Å². The van der Waals surface area contributed by atoms with Gasteiger partial charge in [-0.15, -0.1) is 0 Å². The van der Waals surface area contributed by atoms with Crippen LogP contribution in [0.2, 0.25) is 0 Å². The topological polar surface area (TPSA) is 82.9 Å². The highest BCUT2D eigenvalue weighted by Crippen LogP contribution is 2.37. The first-order valence-electron chi connectivity index (χ1n) is 11.3. The van der Waals surface area contributed by atoms with Crippen molar-refractivity contribution in [3.63, 3.8) is 0 Å². The lowest BCUT2D eigenvalue weighted by Gasteiger charge is -2.34. The van der Waals surface area contributed by atoms with E-state index in [-0.39, 0.29) is 18.4 Å². The molecule has 7 heteroatoms. The number of nitrogens with zero attached hydrogens (tertiary/aromatic N) is 2. The van der Waals surface area contributed by atoms with Crippen molar-refractivity contribution in [2.45, 2.75) is 64.5 Å². The largest absolute Gasteiger partial charge is 0.461 e. The minimum Gasteiger partial charge on any atom is -0.461 e. The maximum atomic E-state index is 13.1. The molecule has 0 bridgehead atoms. The summed E-state index contributed by atoms with van der Waals surface area (Å²) in [5, 5.41) is 3.88. The van der Waals surface area contributed by atoms with Crippen LogP contribution >= 0.6 is 0 Å². The molecule has 1 aliphatic heterocycles. The number of carbonyl (C=O) groups is 3. The molecule has 1 saturated carbocycles. The van der Waals surface area contributed by atoms with Gasteiger partial charge in [0.05, 0.1) is 0 Å². The molecule has 2 aromatic rings. The number of hydrogen-bond donors (Lipinski definition) is 1. The first-order chi connectivity index (χ1) is 14.9. The number of fused-ring (bicyclic) bond motifs is 1. The van der Waals surface area contributed by atoms with Gasteiger partial charge in [0, 0.05) is 31.0 Å². The average Bonchev–Trinajstić information content (AvgIpc) is 3.24. The maximum Gasteiger partial charge on any atom is 0.325 e. The Morgan fingerprint density at radius 2 is 1.94 bits per heavy atom. The summed E-state index contributed by atoms with van der Waals surface area (Å²) in [6, 6.07) is 7.32. The van der Waals surface area contributed by atoms with Crippen LogP contribution in [-0.4, -0.2) is 46.8 Å². The van der Waals surface area contributed by atoms with Crippen LogP contribution in [-0.2, 0) is 22.6 Å². The van der Waals surface area contributed by atoms with Gasteiger partial charge in [0.25, 0.3) is 5.91 Å². The highest BCUT2D eigenvalue weighted by atomic mass is 16.3. The summed E-state index contributed by atoms with van der Waals surface area (Å²) in [6.45, 7) is 4.30. The molecule has 4 rings (SSSR count). The minimum atomic E-state index is -0.822. The number of carbonyl (C=O) groups excluding carboxylic acids is 3. The van der Waals surface area contributed by atoms with Gasteiger partial charge in [-0.3, -0.25) is 14.5 Å². The van der Waals surface area contributed by atoms with Crippen molar-refractivity contribution in [1.82, 2.24) is 15.1 Å². The van der Waals surface area contributed by atoms with Gasteiger partial charge in [-0.2, -0.15) is 0 Å². The number of rotatable bonds is 6. The summed E-state index contributed by atoms with van der Waals surface area (Å²) in [5.41, 5.74) is 0.951. The Bertz CT molecular complexity index is 1000. The number of furan rings is 1. The van der Waals surface area contributed by atoms with Crippen molar-refractivity contribution in [2.24, 2.45) is 5.92 Å². The van der Waals surface area contributed by atoms with Crippen molar-refractivity contribution in [3.8, 4) is 0 Å². The Morgan fingerprint density at radius 1 is 1.23 bits per heavy atom. The zero-order valence-corrected chi connectivity index (χ0v) is 18.6. The molecule has 0 radical (unpaired) electrons. The summed E-state index contributed by atoms with van der Waals surface area (Å²) in [5.74, 6) is 0.934. The SMILES string of the molecule is CCc1oc2ccccc2c1CN(C)C(=O)CN1C(=O)NC2(CCC(CC)CC2)C1=O. The molecule has 1 aromatic heterocycles. The molecular weight excluding hydrogens is 394 g/mol. The number of likely N-dealkylation sites (N-methyl/N-ethyl adjacent to an activating group) is 1. The second-order valence-electron chi connectivity index (χ2n) is 8.86. The molecule has 1 aliphatic carbocycles. The lowest BCUT2D eigenvalue weighted by molar-refractivity contribution is -0.139. The van der Waals surface area contributed by atoms with Gasteiger partial charge in [-0.1, -0.05) is 38.5 Å². The minimum absolute atomic E-state index is 0.239. The molecule has 1 N–H and O–H groups in total. The van der Waals surface area contributed by atoms with Crippen LogP contribution in [0.1, 0.15) is 57.3 Å². The molecule has 0 atom stereocenters. The third-order valence-corrected chi connectivity index (χ3v) is 7.00. The maximum absolute atomic E-state index is 13.1. The van der Waals surface area contributed by atoms with Crippen LogP contribution in [0.4, 0.5) is 4.79 Å². The summed E-state index contributed by atoms with van der Waals surface area (Å²) >= 11 is 0. The van der Waals surface area contributed by atoms with Crippen molar-refractivity contribution in [3.05, 3.63) is 35.6 Å². The first-order valence-corrected chi connectivity index (χ1v) is 11.3. The molecule has 1 aromatic carbocycles. The van der Waals surface area contributed by atoms with Gasteiger partial charge in [0.15, 0.2) is 0 Å². The van der Waals surface area contributed by atoms with Gasteiger partial charge in [0.2, 0.25) is 5.91 Å². The number of urea groups is 1. The average molecular weight is 426 g/mol. The molecular formula is C24H31N3O4. The van der Waals surface area contributed by atoms with Gasteiger partial charge < -0.3 is 14.6 Å². The Hall–Kier alpha value is -2.83. The highest BCUT2D eigenvalue weighted by molar-refractivity contribution is 6.09. The molecule has 166 valence electrons. The molecule has 1 spiro atoms. The van der Waals surface area contributed by atoms with Crippen LogP contribution in [0.25, 0.3) is 11.0 Å². The van der Waals surface area contributed by atoms with Crippen molar-refractivity contribution in [2.75, 3.05) is 13.6 Å². The highest BCUT2D eigenvalue weighted by Gasteiger charge is 2.52. The van der Waals surface area contributed by atoms with Crippen LogP contribution in [0.5, 0.6) is 0 Å². The zero-order chi connectivity index (χ0) is 22.2. The fourth-order valence-corrected chi connectivity index (χ4v) is 4.93. The summed E-state index contributed by atoms with van der Waals surface area (Å²) in [4.78, 5) is 41.3. The van der Waals surface area contributed by atoms with E-state index in [1.165, 1.54) is 0 Å². The molecule has 31 heavy (non-hydrogen) atoms. The second-order valence-corrected chi connectivity index (χ2v) is 8.86. The predicted molar refractivity (Wildman–Crippen MR) is 117 cm³/mol. The standard InChI is InChI=1S/C24H31N3O4/c1-4-16-10-12-24(13-11-16)22(29)27(23(30)25-24)15-21(28)26(3)14-18-17-8-6-7-9-20(17)31-19(18)5-2/h6-9,16H,4-5,10-15H2,1-3H3,(H,25,30). The monoisotopic (exact) mass is 425 g/mol. The van der Waals surface area contributed by atoms with Crippen LogP contribution < -0.4 is 5.32 Å². The smallest absolute Gasteiger partial charge is 0.325 e. The summed E-state index contributed by atoms with van der Waals surface area (Å²) in [6.07, 6.45) is 4.97. The Morgan fingerprint density at radius 3 is 2.61 bits per heavy atom. The molecule has 2 aliphatic rings. The van der Waals surface area contributed by atoms with E-state index in [2.05, 4.69) is 12.2 Å². The number of para-hydroxylation sites is 1. The van der Waals surface area contributed by atoms with Crippen LogP contribution in [0, 0.1) is 5.92 Å². The number of aryl methyl sites for hydroxylation is 1. The number of imide groups is 1.